The summed E-state index contributed by atoms with van der Waals surface area (Å²) in [6.07, 6.45) is 2.02. The first-order chi connectivity index (χ1) is 13.4. The maximum Gasteiger partial charge on any atom is 0.261 e. The van der Waals surface area contributed by atoms with Crippen LogP contribution >= 0.6 is 15.9 Å². The summed E-state index contributed by atoms with van der Waals surface area (Å²) in [6.45, 7) is 8.33. The molecule has 2 aromatic rings. The fourth-order valence-electron chi connectivity index (χ4n) is 3.58. The molecule has 3 atom stereocenters. The third-order valence-corrected chi connectivity index (χ3v) is 5.80. The van der Waals surface area contributed by atoms with Crippen LogP contribution in [0.25, 0.3) is 0 Å². The molecule has 1 fully saturated rings. The van der Waals surface area contributed by atoms with Crippen LogP contribution in [-0.4, -0.2) is 25.1 Å². The van der Waals surface area contributed by atoms with Crippen molar-refractivity contribution in [3.8, 4) is 5.75 Å². The zero-order valence-electron chi connectivity index (χ0n) is 16.8. The van der Waals surface area contributed by atoms with Crippen LogP contribution in [-0.2, 0) is 4.79 Å². The molecule has 0 aromatic heterocycles. The van der Waals surface area contributed by atoms with Crippen molar-refractivity contribution < 1.29 is 9.53 Å². The molecule has 28 heavy (non-hydrogen) atoms. The lowest BCUT2D eigenvalue weighted by Gasteiger charge is -2.33. The van der Waals surface area contributed by atoms with Crippen molar-refractivity contribution in [2.45, 2.75) is 45.8 Å². The minimum Gasteiger partial charge on any atom is -0.481 e. The molecule has 1 aliphatic heterocycles. The molecule has 2 aromatic carbocycles. The molecule has 3 rings (SSSR count). The van der Waals surface area contributed by atoms with Gasteiger partial charge in [0.2, 0.25) is 0 Å². The number of piperidine rings is 1. The lowest BCUT2D eigenvalue weighted by atomic mass is 9.99. The van der Waals surface area contributed by atoms with Gasteiger partial charge in [0.1, 0.15) is 5.75 Å². The maximum absolute atomic E-state index is 12.5. The van der Waals surface area contributed by atoms with E-state index in [0.717, 1.165) is 29.0 Å². The topological polar surface area (TPSA) is 41.6 Å². The first-order valence-corrected chi connectivity index (χ1v) is 10.8. The van der Waals surface area contributed by atoms with Gasteiger partial charge in [-0.2, -0.15) is 0 Å². The average molecular weight is 445 g/mol. The fraction of sp³-hybridized carbons (Fsp3) is 0.435. The van der Waals surface area contributed by atoms with Crippen LogP contribution in [0.2, 0.25) is 0 Å². The van der Waals surface area contributed by atoms with Gasteiger partial charge in [0.05, 0.1) is 6.04 Å². The van der Waals surface area contributed by atoms with E-state index < -0.39 is 6.10 Å². The Morgan fingerprint density at radius 1 is 1.14 bits per heavy atom. The second-order valence-corrected chi connectivity index (χ2v) is 8.64. The van der Waals surface area contributed by atoms with E-state index in [0.29, 0.717) is 5.75 Å². The highest BCUT2D eigenvalue weighted by Gasteiger charge is 2.19. The molecule has 1 saturated heterocycles. The SMILES string of the molecule is C[C@@H]1CCCN(c2ccc([C@@H](C)NC(=O)[C@H](C)Oc3ccc(Br)cc3)cc2)C1. The lowest BCUT2D eigenvalue weighted by molar-refractivity contribution is -0.127. The molecule has 0 unspecified atom stereocenters. The summed E-state index contributed by atoms with van der Waals surface area (Å²) in [5.41, 5.74) is 2.36. The smallest absolute Gasteiger partial charge is 0.261 e. The Bertz CT molecular complexity index is 776. The van der Waals surface area contributed by atoms with Crippen LogP contribution in [0.4, 0.5) is 5.69 Å². The number of carbonyl (C=O) groups excluding carboxylic acids is 1. The molecule has 0 radical (unpaired) electrons. The molecule has 0 bridgehead atoms. The molecular weight excluding hydrogens is 416 g/mol. The first-order valence-electron chi connectivity index (χ1n) is 10.00. The second-order valence-electron chi connectivity index (χ2n) is 7.73. The van der Waals surface area contributed by atoms with Crippen LogP contribution in [0, 0.1) is 5.92 Å². The molecule has 0 aliphatic carbocycles. The summed E-state index contributed by atoms with van der Waals surface area (Å²) < 4.78 is 6.72. The van der Waals surface area contributed by atoms with E-state index in [4.69, 9.17) is 4.74 Å². The van der Waals surface area contributed by atoms with Crippen molar-refractivity contribution in [2.24, 2.45) is 5.92 Å². The van der Waals surface area contributed by atoms with Crippen LogP contribution in [0.15, 0.2) is 53.0 Å². The second kappa shape index (κ2) is 9.46. The standard InChI is InChI=1S/C23H29BrN2O2/c1-16-5-4-14-26(15-16)21-10-6-19(7-11-21)17(2)25-23(27)18(3)28-22-12-8-20(24)9-13-22/h6-13,16-18H,4-5,14-15H2,1-3H3,(H,25,27)/t16-,17-,18+/m1/s1. The van der Waals surface area contributed by atoms with Crippen molar-refractivity contribution in [2.75, 3.05) is 18.0 Å². The lowest BCUT2D eigenvalue weighted by Crippen LogP contribution is -2.37. The molecule has 1 N–H and O–H groups in total. The molecule has 1 aliphatic rings. The van der Waals surface area contributed by atoms with Crippen LogP contribution < -0.4 is 15.0 Å². The highest BCUT2D eigenvalue weighted by atomic mass is 79.9. The van der Waals surface area contributed by atoms with Gasteiger partial charge >= 0.3 is 0 Å². The number of rotatable bonds is 6. The molecule has 0 spiro atoms. The average Bonchev–Trinajstić information content (AvgIpc) is 2.69. The normalized spacial score (nSPS) is 19.0. The Kier molecular flexibility index (Phi) is 7.00. The van der Waals surface area contributed by atoms with Gasteiger partial charge < -0.3 is 15.0 Å². The summed E-state index contributed by atoms with van der Waals surface area (Å²) >= 11 is 3.39. The number of halogens is 1. The van der Waals surface area contributed by atoms with Crippen molar-refractivity contribution in [3.05, 3.63) is 58.6 Å². The number of hydrogen-bond donors (Lipinski definition) is 1. The van der Waals surface area contributed by atoms with Gasteiger partial charge in [0.25, 0.3) is 5.91 Å². The van der Waals surface area contributed by atoms with Gasteiger partial charge in [0, 0.05) is 23.2 Å². The predicted molar refractivity (Wildman–Crippen MR) is 118 cm³/mol. The Morgan fingerprint density at radius 2 is 1.82 bits per heavy atom. The minimum absolute atomic E-state index is 0.0715. The van der Waals surface area contributed by atoms with Crippen molar-refractivity contribution in [1.82, 2.24) is 5.32 Å². The third-order valence-electron chi connectivity index (χ3n) is 5.27. The summed E-state index contributed by atoms with van der Waals surface area (Å²) in [5.74, 6) is 1.31. The quantitative estimate of drug-likeness (QED) is 0.654. The van der Waals surface area contributed by atoms with Gasteiger partial charge in [-0.05, 0) is 74.6 Å². The van der Waals surface area contributed by atoms with Crippen LogP contribution in [0.5, 0.6) is 5.75 Å². The molecule has 5 heteroatoms. The van der Waals surface area contributed by atoms with E-state index in [9.17, 15) is 4.79 Å². The van der Waals surface area contributed by atoms with E-state index in [1.165, 1.54) is 18.5 Å². The summed E-state index contributed by atoms with van der Waals surface area (Å²) in [7, 11) is 0. The molecule has 0 saturated carbocycles. The largest absolute Gasteiger partial charge is 0.481 e. The molecular formula is C23H29BrN2O2. The van der Waals surface area contributed by atoms with Crippen LogP contribution in [0.3, 0.4) is 0 Å². The number of hydrogen-bond acceptors (Lipinski definition) is 3. The van der Waals surface area contributed by atoms with E-state index >= 15 is 0 Å². The number of anilines is 1. The van der Waals surface area contributed by atoms with Crippen molar-refractivity contribution in [3.63, 3.8) is 0 Å². The van der Waals surface area contributed by atoms with Gasteiger partial charge in [0.15, 0.2) is 6.10 Å². The molecule has 1 amide bonds. The Balaban J connectivity index is 1.55. The van der Waals surface area contributed by atoms with E-state index in [-0.39, 0.29) is 11.9 Å². The number of nitrogens with one attached hydrogen (secondary N) is 1. The van der Waals surface area contributed by atoms with E-state index in [1.807, 2.05) is 31.2 Å². The fourth-order valence-corrected chi connectivity index (χ4v) is 3.85. The predicted octanol–water partition coefficient (Wildman–Crippen LogP) is 5.33. The summed E-state index contributed by atoms with van der Waals surface area (Å²) in [4.78, 5) is 14.9. The highest BCUT2D eigenvalue weighted by Crippen LogP contribution is 2.25. The minimum atomic E-state index is -0.558. The first kappa shape index (κ1) is 20.7. The van der Waals surface area contributed by atoms with Gasteiger partial charge in [-0.1, -0.05) is 35.0 Å². The molecule has 1 heterocycles. The summed E-state index contributed by atoms with van der Waals surface area (Å²) in [5, 5.41) is 3.05. The summed E-state index contributed by atoms with van der Waals surface area (Å²) in [6, 6.07) is 16.0. The van der Waals surface area contributed by atoms with Gasteiger partial charge in [-0.15, -0.1) is 0 Å². The maximum atomic E-state index is 12.5. The Morgan fingerprint density at radius 3 is 2.46 bits per heavy atom. The zero-order chi connectivity index (χ0) is 20.1. The third kappa shape index (κ3) is 5.51. The van der Waals surface area contributed by atoms with Gasteiger partial charge in [-0.3, -0.25) is 4.79 Å². The molecule has 150 valence electrons. The van der Waals surface area contributed by atoms with Crippen molar-refractivity contribution in [1.29, 1.82) is 0 Å². The Hall–Kier alpha value is -2.01. The molecule has 4 nitrogen and oxygen atoms in total. The van der Waals surface area contributed by atoms with E-state index in [1.54, 1.807) is 6.92 Å². The van der Waals surface area contributed by atoms with E-state index in [2.05, 4.69) is 57.3 Å². The van der Waals surface area contributed by atoms with Gasteiger partial charge in [-0.25, -0.2) is 0 Å². The monoisotopic (exact) mass is 444 g/mol. The zero-order valence-corrected chi connectivity index (χ0v) is 18.4. The highest BCUT2D eigenvalue weighted by molar-refractivity contribution is 9.10. The number of amides is 1. The number of benzene rings is 2. The number of nitrogens with zero attached hydrogens (tertiary/aromatic N) is 1. The van der Waals surface area contributed by atoms with Crippen molar-refractivity contribution >= 4 is 27.5 Å². The Labute approximate surface area is 176 Å². The number of carbonyl (C=O) groups is 1. The number of ether oxygens (including phenoxy) is 1. The van der Waals surface area contributed by atoms with Crippen LogP contribution in [0.1, 0.15) is 45.2 Å².